The van der Waals surface area contributed by atoms with E-state index in [9.17, 15) is 4.79 Å². The second-order valence-corrected chi connectivity index (χ2v) is 7.38. The van der Waals surface area contributed by atoms with Crippen LogP contribution in [0.15, 0.2) is 54.6 Å². The van der Waals surface area contributed by atoms with Crippen LogP contribution in [0.3, 0.4) is 0 Å². The van der Waals surface area contributed by atoms with Gasteiger partial charge in [0.05, 0.1) is 12.2 Å². The summed E-state index contributed by atoms with van der Waals surface area (Å²) >= 11 is 5.92. The lowest BCUT2D eigenvalue weighted by Gasteiger charge is -2.34. The van der Waals surface area contributed by atoms with Crippen LogP contribution in [0.4, 0.5) is 0 Å². The molecule has 0 aliphatic carbocycles. The van der Waals surface area contributed by atoms with Gasteiger partial charge in [-0.15, -0.1) is 0 Å². The quantitative estimate of drug-likeness (QED) is 0.649. The molecule has 0 radical (unpaired) electrons. The Bertz CT molecular complexity index is 779. The summed E-state index contributed by atoms with van der Waals surface area (Å²) < 4.78 is 5.03. The van der Waals surface area contributed by atoms with Gasteiger partial charge >= 0.3 is 5.97 Å². The van der Waals surface area contributed by atoms with E-state index in [1.807, 2.05) is 55.5 Å². The second-order valence-electron chi connectivity index (χ2n) is 6.95. The normalized spacial score (nSPS) is 15.8. The molecule has 1 heterocycles. The third-order valence-electron chi connectivity index (χ3n) is 4.88. The van der Waals surface area contributed by atoms with Gasteiger partial charge in [-0.05, 0) is 42.3 Å². The van der Waals surface area contributed by atoms with E-state index >= 15 is 0 Å². The summed E-state index contributed by atoms with van der Waals surface area (Å²) in [4.78, 5) is 16.6. The van der Waals surface area contributed by atoms with E-state index in [2.05, 4.69) is 22.0 Å². The molecule has 5 heteroatoms. The first-order chi connectivity index (χ1) is 13.6. The fourth-order valence-electron chi connectivity index (χ4n) is 3.26. The molecule has 0 saturated carbocycles. The maximum Gasteiger partial charge on any atom is 0.338 e. The Balaban J connectivity index is 1.41. The van der Waals surface area contributed by atoms with E-state index in [4.69, 9.17) is 16.3 Å². The van der Waals surface area contributed by atoms with Crippen LogP contribution in [-0.4, -0.2) is 55.1 Å². The van der Waals surface area contributed by atoms with Crippen LogP contribution in [0.25, 0.3) is 6.08 Å². The summed E-state index contributed by atoms with van der Waals surface area (Å²) in [7, 11) is 0. The molecule has 1 fully saturated rings. The molecule has 1 aliphatic rings. The zero-order valence-electron chi connectivity index (χ0n) is 16.3. The number of esters is 1. The maximum atomic E-state index is 11.7. The Kier molecular flexibility index (Phi) is 7.66. The number of carbonyl (C=O) groups excluding carboxylic acids is 1. The van der Waals surface area contributed by atoms with Crippen molar-refractivity contribution in [1.82, 2.24) is 9.80 Å². The Morgan fingerprint density at radius 2 is 1.64 bits per heavy atom. The molecule has 148 valence electrons. The number of hydrogen-bond donors (Lipinski definition) is 0. The van der Waals surface area contributed by atoms with Crippen molar-refractivity contribution in [2.24, 2.45) is 0 Å². The van der Waals surface area contributed by atoms with E-state index < -0.39 is 0 Å². The van der Waals surface area contributed by atoms with Crippen molar-refractivity contribution >= 4 is 23.6 Å². The van der Waals surface area contributed by atoms with Crippen molar-refractivity contribution in [2.75, 3.05) is 39.3 Å². The highest BCUT2D eigenvalue weighted by Gasteiger charge is 2.16. The van der Waals surface area contributed by atoms with Gasteiger partial charge in [-0.1, -0.05) is 48.0 Å². The molecule has 4 nitrogen and oxygen atoms in total. The standard InChI is InChI=1S/C23H27ClN2O2/c1-2-28-23(27)21-9-5-20(6-10-21)18-26-16-14-25(15-17-26)13-3-4-19-7-11-22(24)12-8-19/h3-12H,2,13-18H2,1H3. The van der Waals surface area contributed by atoms with Gasteiger partial charge in [0.1, 0.15) is 0 Å². The number of nitrogens with zero attached hydrogens (tertiary/aromatic N) is 2. The molecular weight excluding hydrogens is 372 g/mol. The van der Waals surface area contributed by atoms with Gasteiger partial charge in [-0.3, -0.25) is 9.80 Å². The number of carbonyl (C=O) groups is 1. The molecule has 0 unspecified atom stereocenters. The Hall–Kier alpha value is -2.14. The number of halogens is 1. The fraction of sp³-hybridized carbons (Fsp3) is 0.348. The summed E-state index contributed by atoms with van der Waals surface area (Å²) in [6.45, 7) is 8.32. The van der Waals surface area contributed by atoms with E-state index in [1.54, 1.807) is 0 Å². The van der Waals surface area contributed by atoms with Gasteiger partial charge in [0, 0.05) is 44.3 Å². The number of piperazine rings is 1. The molecule has 0 atom stereocenters. The van der Waals surface area contributed by atoms with E-state index in [0.29, 0.717) is 12.2 Å². The van der Waals surface area contributed by atoms with Crippen LogP contribution in [0.2, 0.25) is 5.02 Å². The van der Waals surface area contributed by atoms with Crippen LogP contribution in [0.1, 0.15) is 28.4 Å². The highest BCUT2D eigenvalue weighted by Crippen LogP contribution is 2.13. The second kappa shape index (κ2) is 10.4. The van der Waals surface area contributed by atoms with Gasteiger partial charge in [0.15, 0.2) is 0 Å². The molecule has 0 amide bonds. The fourth-order valence-corrected chi connectivity index (χ4v) is 3.39. The van der Waals surface area contributed by atoms with E-state index in [-0.39, 0.29) is 5.97 Å². The molecular formula is C23H27ClN2O2. The molecule has 1 aliphatic heterocycles. The van der Waals surface area contributed by atoms with Crippen LogP contribution >= 0.6 is 11.6 Å². The minimum Gasteiger partial charge on any atom is -0.462 e. The zero-order valence-corrected chi connectivity index (χ0v) is 17.1. The lowest BCUT2D eigenvalue weighted by Crippen LogP contribution is -2.45. The molecule has 0 N–H and O–H groups in total. The van der Waals surface area contributed by atoms with Gasteiger partial charge in [-0.2, -0.15) is 0 Å². The molecule has 28 heavy (non-hydrogen) atoms. The SMILES string of the molecule is CCOC(=O)c1ccc(CN2CCN(CC=Cc3ccc(Cl)cc3)CC2)cc1. The van der Waals surface area contributed by atoms with Crippen molar-refractivity contribution in [2.45, 2.75) is 13.5 Å². The predicted molar refractivity (Wildman–Crippen MR) is 115 cm³/mol. The average Bonchev–Trinajstić information content (AvgIpc) is 2.71. The van der Waals surface area contributed by atoms with Crippen molar-refractivity contribution < 1.29 is 9.53 Å². The zero-order chi connectivity index (χ0) is 19.8. The summed E-state index contributed by atoms with van der Waals surface area (Å²) in [6, 6.07) is 15.6. The minimum absolute atomic E-state index is 0.255. The third-order valence-corrected chi connectivity index (χ3v) is 5.13. The number of hydrogen-bond acceptors (Lipinski definition) is 4. The largest absolute Gasteiger partial charge is 0.462 e. The molecule has 1 saturated heterocycles. The van der Waals surface area contributed by atoms with Gasteiger partial charge in [0.2, 0.25) is 0 Å². The Morgan fingerprint density at radius 1 is 1.00 bits per heavy atom. The average molecular weight is 399 g/mol. The van der Waals surface area contributed by atoms with Crippen molar-refractivity contribution in [1.29, 1.82) is 0 Å². The molecule has 2 aromatic rings. The van der Waals surface area contributed by atoms with Gasteiger partial charge in [0.25, 0.3) is 0 Å². The van der Waals surface area contributed by atoms with Crippen molar-refractivity contribution in [3.05, 3.63) is 76.3 Å². The molecule has 3 rings (SSSR count). The first-order valence-electron chi connectivity index (χ1n) is 9.77. The van der Waals surface area contributed by atoms with Crippen molar-refractivity contribution in [3.63, 3.8) is 0 Å². The van der Waals surface area contributed by atoms with Crippen LogP contribution < -0.4 is 0 Å². The number of ether oxygens (including phenoxy) is 1. The first kappa shape index (κ1) is 20.6. The topological polar surface area (TPSA) is 32.8 Å². The number of benzene rings is 2. The smallest absolute Gasteiger partial charge is 0.338 e. The highest BCUT2D eigenvalue weighted by atomic mass is 35.5. The highest BCUT2D eigenvalue weighted by molar-refractivity contribution is 6.30. The maximum absolute atomic E-state index is 11.7. The van der Waals surface area contributed by atoms with E-state index in [1.165, 1.54) is 11.1 Å². The Morgan fingerprint density at radius 3 is 2.29 bits per heavy atom. The summed E-state index contributed by atoms with van der Waals surface area (Å²) in [6.07, 6.45) is 4.36. The van der Waals surface area contributed by atoms with Crippen molar-refractivity contribution in [3.8, 4) is 0 Å². The third kappa shape index (κ3) is 6.20. The van der Waals surface area contributed by atoms with Crippen LogP contribution in [0.5, 0.6) is 0 Å². The van der Waals surface area contributed by atoms with Gasteiger partial charge < -0.3 is 4.74 Å². The molecule has 0 aromatic heterocycles. The lowest BCUT2D eigenvalue weighted by molar-refractivity contribution is 0.0526. The molecule has 0 bridgehead atoms. The Labute approximate surface area is 172 Å². The first-order valence-corrected chi connectivity index (χ1v) is 10.1. The number of rotatable bonds is 7. The summed E-state index contributed by atoms with van der Waals surface area (Å²) in [5, 5.41) is 0.767. The van der Waals surface area contributed by atoms with Gasteiger partial charge in [-0.25, -0.2) is 4.79 Å². The predicted octanol–water partition coefficient (Wildman–Crippen LogP) is 4.35. The lowest BCUT2D eigenvalue weighted by atomic mass is 10.1. The van der Waals surface area contributed by atoms with Crippen LogP contribution in [0, 0.1) is 0 Å². The summed E-state index contributed by atoms with van der Waals surface area (Å²) in [5.74, 6) is -0.255. The molecule has 2 aromatic carbocycles. The minimum atomic E-state index is -0.255. The summed E-state index contributed by atoms with van der Waals surface area (Å²) in [5.41, 5.74) is 3.02. The van der Waals surface area contributed by atoms with Crippen LogP contribution in [-0.2, 0) is 11.3 Å². The van der Waals surface area contributed by atoms with E-state index in [0.717, 1.165) is 44.3 Å². The molecule has 0 spiro atoms. The monoisotopic (exact) mass is 398 g/mol.